The molecule has 0 heterocycles. The van der Waals surface area contributed by atoms with Gasteiger partial charge in [-0.25, -0.2) is 0 Å². The van der Waals surface area contributed by atoms with Gasteiger partial charge >= 0.3 is 0 Å². The third kappa shape index (κ3) is 3.14. The first-order chi connectivity index (χ1) is 5.79. The molecule has 0 amide bonds. The van der Waals surface area contributed by atoms with Crippen molar-refractivity contribution in [2.45, 2.75) is 6.42 Å². The molecular formula is C9H11NO2. The molecule has 3 nitrogen and oxygen atoms in total. The van der Waals surface area contributed by atoms with Gasteiger partial charge < -0.3 is 0 Å². The highest BCUT2D eigenvalue weighted by Gasteiger charge is 2.05. The second-order valence-electron chi connectivity index (χ2n) is 2.66. The summed E-state index contributed by atoms with van der Waals surface area (Å²) in [6.07, 6.45) is 12.2. The Labute approximate surface area is 71.2 Å². The van der Waals surface area contributed by atoms with Gasteiger partial charge in [-0.2, -0.15) is 0 Å². The minimum absolute atomic E-state index is 0.0410. The van der Waals surface area contributed by atoms with Crippen molar-refractivity contribution in [1.82, 2.24) is 0 Å². The topological polar surface area (TPSA) is 43.1 Å². The molecule has 1 rings (SSSR count). The second kappa shape index (κ2) is 4.49. The van der Waals surface area contributed by atoms with Gasteiger partial charge in [0.2, 0.25) is 6.54 Å². The van der Waals surface area contributed by atoms with E-state index in [1.54, 1.807) is 0 Å². The number of nitrogens with zero attached hydrogens (tertiary/aromatic N) is 1. The molecule has 0 saturated carbocycles. The number of nitro groups is 1. The number of allylic oxidation sites excluding steroid dienone is 6. The maximum absolute atomic E-state index is 10.1. The fraction of sp³-hybridized carbons (Fsp3) is 0.333. The average Bonchev–Trinajstić information content (AvgIpc) is 2.28. The number of hydrogen-bond acceptors (Lipinski definition) is 2. The highest BCUT2D eigenvalue weighted by Crippen LogP contribution is 2.09. The summed E-state index contributed by atoms with van der Waals surface area (Å²) in [7, 11) is 0. The van der Waals surface area contributed by atoms with Gasteiger partial charge in [0.1, 0.15) is 0 Å². The van der Waals surface area contributed by atoms with Crippen LogP contribution in [-0.2, 0) is 0 Å². The summed E-state index contributed by atoms with van der Waals surface area (Å²) >= 11 is 0. The molecule has 0 atom stereocenters. The first kappa shape index (κ1) is 8.71. The van der Waals surface area contributed by atoms with Crippen molar-refractivity contribution >= 4 is 0 Å². The van der Waals surface area contributed by atoms with Crippen molar-refractivity contribution in [3.8, 4) is 0 Å². The summed E-state index contributed by atoms with van der Waals surface area (Å²) in [4.78, 5) is 9.79. The van der Waals surface area contributed by atoms with E-state index < -0.39 is 0 Å². The van der Waals surface area contributed by atoms with Crippen molar-refractivity contribution < 1.29 is 4.92 Å². The highest BCUT2D eigenvalue weighted by atomic mass is 16.6. The molecule has 0 spiro atoms. The Morgan fingerprint density at radius 1 is 1.17 bits per heavy atom. The van der Waals surface area contributed by atoms with E-state index in [9.17, 15) is 10.1 Å². The van der Waals surface area contributed by atoms with Gasteiger partial charge in [-0.15, -0.1) is 0 Å². The Bertz CT molecular complexity index is 225. The minimum atomic E-state index is -0.278. The van der Waals surface area contributed by atoms with E-state index in [1.165, 1.54) is 0 Å². The standard InChI is InChI=1S/C9H11NO2/c11-10(12)8-7-9-5-3-1-2-4-6-9/h1-6,9H,7-8H2. The van der Waals surface area contributed by atoms with Gasteiger partial charge in [0.15, 0.2) is 0 Å². The highest BCUT2D eigenvalue weighted by molar-refractivity contribution is 5.19. The van der Waals surface area contributed by atoms with E-state index in [0.717, 1.165) is 0 Å². The molecular weight excluding hydrogens is 154 g/mol. The number of rotatable bonds is 3. The summed E-state index contributed by atoms with van der Waals surface area (Å²) < 4.78 is 0. The van der Waals surface area contributed by atoms with E-state index in [4.69, 9.17) is 0 Å². The fourth-order valence-electron chi connectivity index (χ4n) is 1.05. The summed E-state index contributed by atoms with van der Waals surface area (Å²) in [5.41, 5.74) is 0. The molecule has 1 aliphatic carbocycles. The Hall–Kier alpha value is -1.38. The maximum Gasteiger partial charge on any atom is 0.204 e. The molecule has 64 valence electrons. The van der Waals surface area contributed by atoms with Gasteiger partial charge in [0.05, 0.1) is 0 Å². The molecule has 0 aromatic heterocycles. The summed E-state index contributed by atoms with van der Waals surface area (Å²) in [6.45, 7) is 0.0410. The van der Waals surface area contributed by atoms with Crippen LogP contribution < -0.4 is 0 Å². The summed E-state index contributed by atoms with van der Waals surface area (Å²) in [5.74, 6) is 0.213. The molecule has 12 heavy (non-hydrogen) atoms. The van der Waals surface area contributed by atoms with E-state index in [-0.39, 0.29) is 17.4 Å². The Morgan fingerprint density at radius 2 is 1.75 bits per heavy atom. The van der Waals surface area contributed by atoms with Crippen LogP contribution in [0.5, 0.6) is 0 Å². The van der Waals surface area contributed by atoms with Crippen LogP contribution in [0, 0.1) is 16.0 Å². The maximum atomic E-state index is 10.1. The summed E-state index contributed by atoms with van der Waals surface area (Å²) in [6, 6.07) is 0. The Balaban J connectivity index is 2.37. The molecule has 0 aromatic rings. The molecule has 0 unspecified atom stereocenters. The molecule has 0 N–H and O–H groups in total. The van der Waals surface area contributed by atoms with E-state index >= 15 is 0 Å². The van der Waals surface area contributed by atoms with E-state index in [2.05, 4.69) is 0 Å². The van der Waals surface area contributed by atoms with Crippen LogP contribution in [0.15, 0.2) is 36.5 Å². The lowest BCUT2D eigenvalue weighted by Crippen LogP contribution is -2.05. The zero-order valence-corrected chi connectivity index (χ0v) is 6.72. The zero-order chi connectivity index (χ0) is 8.81. The van der Waals surface area contributed by atoms with Crippen molar-refractivity contribution in [3.05, 3.63) is 46.6 Å². The quantitative estimate of drug-likeness (QED) is 0.474. The molecule has 0 bridgehead atoms. The molecule has 0 fully saturated rings. The van der Waals surface area contributed by atoms with Crippen molar-refractivity contribution in [3.63, 3.8) is 0 Å². The molecule has 0 radical (unpaired) electrons. The van der Waals surface area contributed by atoms with Gasteiger partial charge in [-0.1, -0.05) is 36.5 Å². The molecule has 0 aromatic carbocycles. The van der Waals surface area contributed by atoms with Gasteiger partial charge in [0.25, 0.3) is 0 Å². The molecule has 1 aliphatic rings. The van der Waals surface area contributed by atoms with Gasteiger partial charge in [0, 0.05) is 17.3 Å². The predicted octanol–water partition coefficient (Wildman–Crippen LogP) is 1.95. The zero-order valence-electron chi connectivity index (χ0n) is 6.72. The van der Waals surface area contributed by atoms with Crippen molar-refractivity contribution in [1.29, 1.82) is 0 Å². The van der Waals surface area contributed by atoms with Crippen LogP contribution in [0.3, 0.4) is 0 Å². The van der Waals surface area contributed by atoms with Gasteiger partial charge in [-0.3, -0.25) is 10.1 Å². The van der Waals surface area contributed by atoms with Gasteiger partial charge in [-0.05, 0) is 0 Å². The van der Waals surface area contributed by atoms with Crippen molar-refractivity contribution in [2.24, 2.45) is 5.92 Å². The molecule has 0 saturated heterocycles. The monoisotopic (exact) mass is 165 g/mol. The Kier molecular flexibility index (Phi) is 3.26. The smallest absolute Gasteiger partial charge is 0.204 e. The lowest BCUT2D eigenvalue weighted by molar-refractivity contribution is -0.481. The Morgan fingerprint density at radius 3 is 2.25 bits per heavy atom. The first-order valence-corrected chi connectivity index (χ1v) is 3.92. The van der Waals surface area contributed by atoms with Crippen LogP contribution in [0.25, 0.3) is 0 Å². The van der Waals surface area contributed by atoms with Crippen LogP contribution in [0.2, 0.25) is 0 Å². The van der Waals surface area contributed by atoms with Crippen LogP contribution in [0.1, 0.15) is 6.42 Å². The van der Waals surface area contributed by atoms with Crippen LogP contribution in [-0.4, -0.2) is 11.5 Å². The first-order valence-electron chi connectivity index (χ1n) is 3.92. The third-order valence-electron chi connectivity index (χ3n) is 1.69. The van der Waals surface area contributed by atoms with Crippen LogP contribution >= 0.6 is 0 Å². The minimum Gasteiger partial charge on any atom is -0.265 e. The molecule has 3 heteroatoms. The lowest BCUT2D eigenvalue weighted by Gasteiger charge is -2.01. The largest absolute Gasteiger partial charge is 0.265 e. The van der Waals surface area contributed by atoms with Crippen LogP contribution in [0.4, 0.5) is 0 Å². The average molecular weight is 165 g/mol. The molecule has 0 aliphatic heterocycles. The number of hydrogen-bond donors (Lipinski definition) is 0. The van der Waals surface area contributed by atoms with E-state index in [0.29, 0.717) is 6.42 Å². The lowest BCUT2D eigenvalue weighted by atomic mass is 10.1. The third-order valence-corrected chi connectivity index (χ3v) is 1.69. The second-order valence-corrected chi connectivity index (χ2v) is 2.66. The fourth-order valence-corrected chi connectivity index (χ4v) is 1.05. The van der Waals surface area contributed by atoms with E-state index in [1.807, 2.05) is 36.5 Å². The van der Waals surface area contributed by atoms with Crippen molar-refractivity contribution in [2.75, 3.05) is 6.54 Å². The predicted molar refractivity (Wildman–Crippen MR) is 47.4 cm³/mol. The summed E-state index contributed by atoms with van der Waals surface area (Å²) in [5, 5.41) is 10.1. The normalized spacial score (nSPS) is 16.3. The SMILES string of the molecule is O=[N+]([O-])CCC1C=CC=CC=C1.